The molecule has 0 aliphatic rings. The molecule has 1 N–H and O–H groups in total. The van der Waals surface area contributed by atoms with Crippen LogP contribution in [-0.4, -0.2) is 28.5 Å². The third-order valence-electron chi connectivity index (χ3n) is 5.47. The Morgan fingerprint density at radius 3 is 2.52 bits per heavy atom. The lowest BCUT2D eigenvalue weighted by Gasteiger charge is -2.27. The highest BCUT2D eigenvalue weighted by Gasteiger charge is 2.17. The molecule has 0 radical (unpaired) electrons. The summed E-state index contributed by atoms with van der Waals surface area (Å²) in [6, 6.07) is 16.3. The van der Waals surface area contributed by atoms with E-state index in [1.54, 1.807) is 19.2 Å². The maximum atomic E-state index is 13.3. The van der Waals surface area contributed by atoms with E-state index in [9.17, 15) is 9.18 Å². The molecule has 31 heavy (non-hydrogen) atoms. The molecule has 0 saturated carbocycles. The predicted molar refractivity (Wildman–Crippen MR) is 123 cm³/mol. The van der Waals surface area contributed by atoms with Crippen molar-refractivity contribution in [1.29, 1.82) is 0 Å². The smallest absolute Gasteiger partial charge is 0.268 e. The molecule has 7 heteroatoms. The number of thiophene rings is 1. The van der Waals surface area contributed by atoms with Crippen molar-refractivity contribution in [3.63, 3.8) is 0 Å². The van der Waals surface area contributed by atoms with E-state index < -0.39 is 0 Å². The maximum absolute atomic E-state index is 13.3. The fourth-order valence-electron chi connectivity index (χ4n) is 3.63. The third kappa shape index (κ3) is 4.52. The van der Waals surface area contributed by atoms with Gasteiger partial charge in [-0.15, -0.1) is 11.3 Å². The van der Waals surface area contributed by atoms with Gasteiger partial charge in [-0.25, -0.2) is 9.37 Å². The molecule has 160 valence electrons. The van der Waals surface area contributed by atoms with Gasteiger partial charge in [0.05, 0.1) is 19.2 Å². The van der Waals surface area contributed by atoms with Gasteiger partial charge >= 0.3 is 0 Å². The third-order valence-corrected chi connectivity index (χ3v) is 6.64. The average molecular weight is 438 g/mol. The van der Waals surface area contributed by atoms with Gasteiger partial charge in [0.1, 0.15) is 22.1 Å². The molecular weight excluding hydrogens is 413 g/mol. The van der Waals surface area contributed by atoms with Gasteiger partial charge in [0, 0.05) is 10.9 Å². The van der Waals surface area contributed by atoms with Crippen molar-refractivity contribution < 1.29 is 9.13 Å². The minimum absolute atomic E-state index is 0.0592. The Hall–Kier alpha value is -3.03. The van der Waals surface area contributed by atoms with Gasteiger partial charge in [-0.05, 0) is 67.1 Å². The summed E-state index contributed by atoms with van der Waals surface area (Å²) in [5.41, 5.74) is 2.60. The van der Waals surface area contributed by atoms with Crippen molar-refractivity contribution in [2.45, 2.75) is 26.4 Å². The zero-order chi connectivity index (χ0) is 22.0. The lowest BCUT2D eigenvalue weighted by molar-refractivity contribution is 0.207. The molecule has 1 atom stereocenters. The van der Waals surface area contributed by atoms with E-state index in [0.717, 1.165) is 28.3 Å². The van der Waals surface area contributed by atoms with Gasteiger partial charge in [0.15, 0.2) is 0 Å². The number of nitrogens with zero attached hydrogens (tertiary/aromatic N) is 2. The Morgan fingerprint density at radius 1 is 1.16 bits per heavy atom. The highest BCUT2D eigenvalue weighted by Crippen LogP contribution is 2.32. The summed E-state index contributed by atoms with van der Waals surface area (Å²) in [5.74, 6) is 1.16. The molecule has 2 aromatic heterocycles. The van der Waals surface area contributed by atoms with Gasteiger partial charge in [0.25, 0.3) is 5.56 Å². The molecule has 0 bridgehead atoms. The minimum Gasteiger partial charge on any atom is -0.497 e. The van der Waals surface area contributed by atoms with Gasteiger partial charge in [-0.1, -0.05) is 19.1 Å². The van der Waals surface area contributed by atoms with E-state index in [0.29, 0.717) is 22.6 Å². The highest BCUT2D eigenvalue weighted by atomic mass is 32.1. The number of ether oxygens (including phenoxy) is 1. The summed E-state index contributed by atoms with van der Waals surface area (Å²) in [5, 5.41) is 0. The molecule has 0 aliphatic heterocycles. The van der Waals surface area contributed by atoms with E-state index in [2.05, 4.69) is 23.7 Å². The molecule has 0 aliphatic carbocycles. The number of halogens is 1. The fraction of sp³-hybridized carbons (Fsp3) is 0.250. The van der Waals surface area contributed by atoms with Crippen LogP contribution < -0.4 is 10.3 Å². The molecule has 0 amide bonds. The first kappa shape index (κ1) is 21.2. The second-order valence-electron chi connectivity index (χ2n) is 7.36. The van der Waals surface area contributed by atoms with Gasteiger partial charge in [-0.2, -0.15) is 0 Å². The van der Waals surface area contributed by atoms with Gasteiger partial charge < -0.3 is 9.72 Å². The first-order chi connectivity index (χ1) is 15.0. The summed E-state index contributed by atoms with van der Waals surface area (Å²) in [4.78, 5) is 23.6. The maximum Gasteiger partial charge on any atom is 0.268 e. The number of fused-ring (bicyclic) bond motifs is 1. The number of benzene rings is 2. The summed E-state index contributed by atoms with van der Waals surface area (Å²) < 4.78 is 19.1. The average Bonchev–Trinajstić information content (AvgIpc) is 3.22. The lowest BCUT2D eigenvalue weighted by Crippen LogP contribution is -2.28. The molecule has 2 heterocycles. The zero-order valence-corrected chi connectivity index (χ0v) is 18.5. The number of nitrogens with one attached hydrogen (secondary N) is 1. The van der Waals surface area contributed by atoms with Crippen LogP contribution in [0.1, 0.15) is 31.3 Å². The number of aromatic amines is 1. The molecule has 4 rings (SSSR count). The van der Waals surface area contributed by atoms with E-state index in [1.807, 2.05) is 30.3 Å². The van der Waals surface area contributed by atoms with E-state index in [1.165, 1.54) is 23.5 Å². The van der Waals surface area contributed by atoms with Crippen LogP contribution in [0.15, 0.2) is 59.4 Å². The Morgan fingerprint density at radius 2 is 1.87 bits per heavy atom. The fourth-order valence-corrected chi connectivity index (χ4v) is 4.63. The molecule has 0 fully saturated rings. The van der Waals surface area contributed by atoms with Crippen LogP contribution in [0.3, 0.4) is 0 Å². The van der Waals surface area contributed by atoms with Crippen LogP contribution >= 0.6 is 11.3 Å². The molecule has 0 saturated heterocycles. The lowest BCUT2D eigenvalue weighted by atomic mass is 10.1. The van der Waals surface area contributed by atoms with E-state index >= 15 is 0 Å². The van der Waals surface area contributed by atoms with E-state index in [4.69, 9.17) is 9.72 Å². The van der Waals surface area contributed by atoms with E-state index in [-0.39, 0.29) is 17.4 Å². The SMILES string of the molecule is CCN(Cc1nc2cc(-c3ccc(OC)cc3)sc2c(=O)[nH]1)C(C)c1ccc(F)cc1. The molecule has 5 nitrogen and oxygen atoms in total. The number of hydrogen-bond donors (Lipinski definition) is 1. The van der Waals surface area contributed by atoms with Crippen molar-refractivity contribution in [3.8, 4) is 16.2 Å². The highest BCUT2D eigenvalue weighted by molar-refractivity contribution is 7.22. The molecule has 0 spiro atoms. The number of rotatable bonds is 7. The largest absolute Gasteiger partial charge is 0.497 e. The van der Waals surface area contributed by atoms with Crippen molar-refractivity contribution in [1.82, 2.24) is 14.9 Å². The number of aromatic nitrogens is 2. The standard InChI is InChI=1S/C24H24FN3O2S/c1-4-28(15(2)16-5-9-18(25)10-6-16)14-22-26-20-13-21(31-23(20)24(29)27-22)17-7-11-19(30-3)12-8-17/h5-13,15H,4,14H2,1-3H3,(H,26,27,29). The number of methoxy groups -OCH3 is 1. The second-order valence-corrected chi connectivity index (χ2v) is 8.41. The van der Waals surface area contributed by atoms with Crippen molar-refractivity contribution in [3.05, 3.63) is 82.2 Å². The van der Waals surface area contributed by atoms with Crippen LogP contribution in [-0.2, 0) is 6.54 Å². The van der Waals surface area contributed by atoms with Gasteiger partial charge in [-0.3, -0.25) is 9.69 Å². The van der Waals surface area contributed by atoms with Crippen LogP contribution in [0.25, 0.3) is 20.7 Å². The second kappa shape index (κ2) is 8.99. The summed E-state index contributed by atoms with van der Waals surface area (Å²) in [6.07, 6.45) is 0. The predicted octanol–water partition coefficient (Wildman–Crippen LogP) is 5.38. The minimum atomic E-state index is -0.249. The Balaban J connectivity index is 1.61. The first-order valence-electron chi connectivity index (χ1n) is 10.1. The topological polar surface area (TPSA) is 58.2 Å². The number of H-pyrrole nitrogens is 1. The molecule has 4 aromatic rings. The number of hydrogen-bond acceptors (Lipinski definition) is 5. The summed E-state index contributed by atoms with van der Waals surface area (Å²) in [6.45, 7) is 5.39. The molecule has 2 aromatic carbocycles. The van der Waals surface area contributed by atoms with Crippen LogP contribution in [0.5, 0.6) is 5.75 Å². The molecular formula is C24H24FN3O2S. The quantitative estimate of drug-likeness (QED) is 0.422. The van der Waals surface area contributed by atoms with Crippen LogP contribution in [0.2, 0.25) is 0 Å². The molecule has 1 unspecified atom stereocenters. The van der Waals surface area contributed by atoms with Crippen LogP contribution in [0, 0.1) is 5.82 Å². The Bertz CT molecular complexity index is 1230. The zero-order valence-electron chi connectivity index (χ0n) is 17.7. The van der Waals surface area contributed by atoms with Crippen molar-refractivity contribution in [2.75, 3.05) is 13.7 Å². The Kier molecular flexibility index (Phi) is 6.15. The summed E-state index contributed by atoms with van der Waals surface area (Å²) >= 11 is 1.43. The van der Waals surface area contributed by atoms with Crippen LogP contribution in [0.4, 0.5) is 4.39 Å². The van der Waals surface area contributed by atoms with Crippen molar-refractivity contribution in [2.24, 2.45) is 0 Å². The van der Waals surface area contributed by atoms with Gasteiger partial charge in [0.2, 0.25) is 0 Å². The Labute approximate surface area is 184 Å². The summed E-state index contributed by atoms with van der Waals surface area (Å²) in [7, 11) is 1.63. The first-order valence-corrected chi connectivity index (χ1v) is 11.0. The monoisotopic (exact) mass is 437 g/mol. The normalized spacial score (nSPS) is 12.4. The van der Waals surface area contributed by atoms with Crippen molar-refractivity contribution >= 4 is 21.6 Å².